The minimum absolute atomic E-state index is 0.178. The minimum Gasteiger partial charge on any atom is -0.338 e. The number of carbonyl (C=O) groups excluding carboxylic acids is 1. The normalized spacial score (nSPS) is 18.2. The number of thioether (sulfide) groups is 1. The molecule has 20 heavy (non-hydrogen) atoms. The molecule has 0 aromatic carbocycles. The number of aryl methyl sites for hydroxylation is 1. The summed E-state index contributed by atoms with van der Waals surface area (Å²) in [5, 5.41) is 4.24. The van der Waals surface area contributed by atoms with Gasteiger partial charge in [0, 0.05) is 44.7 Å². The molecule has 0 radical (unpaired) electrons. The molecule has 5 nitrogen and oxygen atoms in total. The highest BCUT2D eigenvalue weighted by atomic mass is 32.2. The Morgan fingerprint density at radius 2 is 2.10 bits per heavy atom. The summed E-state index contributed by atoms with van der Waals surface area (Å²) in [6.45, 7) is 8.67. The van der Waals surface area contributed by atoms with Gasteiger partial charge in [-0.05, 0) is 25.7 Å². The Balaban J connectivity index is 1.85. The summed E-state index contributed by atoms with van der Waals surface area (Å²) >= 11 is 1.87. The van der Waals surface area contributed by atoms with E-state index in [-0.39, 0.29) is 11.9 Å². The van der Waals surface area contributed by atoms with E-state index in [1.165, 1.54) is 0 Å². The third-order valence-corrected chi connectivity index (χ3v) is 4.37. The Bertz CT molecular complexity index is 440. The number of hydrogen-bond acceptors (Lipinski definition) is 4. The van der Waals surface area contributed by atoms with E-state index < -0.39 is 0 Å². The van der Waals surface area contributed by atoms with Crippen molar-refractivity contribution in [2.45, 2.75) is 19.9 Å². The lowest BCUT2D eigenvalue weighted by atomic mass is 10.2. The molecule has 1 aromatic rings. The zero-order valence-electron chi connectivity index (χ0n) is 12.6. The van der Waals surface area contributed by atoms with E-state index in [1.807, 2.05) is 36.7 Å². The zero-order valence-corrected chi connectivity index (χ0v) is 13.4. The molecule has 0 aliphatic carbocycles. The average molecular weight is 296 g/mol. The van der Waals surface area contributed by atoms with Gasteiger partial charge in [0.2, 0.25) is 5.91 Å². The van der Waals surface area contributed by atoms with Crippen LogP contribution in [0.5, 0.6) is 0 Å². The van der Waals surface area contributed by atoms with Crippen molar-refractivity contribution in [3.63, 3.8) is 0 Å². The second-order valence-corrected chi connectivity index (χ2v) is 6.32. The number of hydrogen-bond donors (Lipinski definition) is 0. The molecule has 0 bridgehead atoms. The molecule has 1 aliphatic rings. The lowest BCUT2D eigenvalue weighted by Crippen LogP contribution is -2.50. The van der Waals surface area contributed by atoms with Gasteiger partial charge in [-0.25, -0.2) is 0 Å². The molecule has 0 saturated carbocycles. The van der Waals surface area contributed by atoms with Crippen molar-refractivity contribution in [3.05, 3.63) is 18.0 Å². The van der Waals surface area contributed by atoms with Gasteiger partial charge in [-0.2, -0.15) is 16.9 Å². The van der Waals surface area contributed by atoms with Crippen molar-refractivity contribution in [2.75, 3.05) is 44.7 Å². The fourth-order valence-electron chi connectivity index (χ4n) is 2.43. The fourth-order valence-corrected chi connectivity index (χ4v) is 2.88. The Morgan fingerprint density at radius 1 is 1.40 bits per heavy atom. The topological polar surface area (TPSA) is 41.4 Å². The molecular weight excluding hydrogens is 272 g/mol. The van der Waals surface area contributed by atoms with E-state index in [9.17, 15) is 4.79 Å². The summed E-state index contributed by atoms with van der Waals surface area (Å²) in [4.78, 5) is 16.9. The molecule has 1 amide bonds. The van der Waals surface area contributed by atoms with E-state index >= 15 is 0 Å². The third kappa shape index (κ3) is 3.76. The Morgan fingerprint density at radius 3 is 2.65 bits per heavy atom. The van der Waals surface area contributed by atoms with E-state index in [0.717, 1.165) is 44.0 Å². The molecule has 2 rings (SSSR count). The molecule has 1 unspecified atom stereocenters. The first-order valence-corrected chi connectivity index (χ1v) is 8.52. The van der Waals surface area contributed by atoms with Crippen LogP contribution in [0.15, 0.2) is 12.4 Å². The van der Waals surface area contributed by atoms with Crippen LogP contribution in [0.25, 0.3) is 0 Å². The van der Waals surface area contributed by atoms with Gasteiger partial charge in [-0.15, -0.1) is 0 Å². The lowest BCUT2D eigenvalue weighted by molar-refractivity contribution is -0.136. The maximum atomic E-state index is 12.5. The quantitative estimate of drug-likeness (QED) is 0.820. The smallest absolute Gasteiger partial charge is 0.247 e. The molecule has 112 valence electrons. The van der Waals surface area contributed by atoms with Crippen LogP contribution in [-0.4, -0.2) is 70.2 Å². The molecule has 0 N–H and O–H groups in total. The van der Waals surface area contributed by atoms with E-state index in [0.29, 0.717) is 0 Å². The van der Waals surface area contributed by atoms with Crippen LogP contribution in [0.1, 0.15) is 18.5 Å². The van der Waals surface area contributed by atoms with Gasteiger partial charge in [0.05, 0.1) is 6.20 Å². The standard InChI is InChI=1S/C14H24N4OS/c1-12-10-15-18(11-12)13(2)14(19)17-6-4-16(5-7-17)8-9-20-3/h10-11,13H,4-9H2,1-3H3. The Hall–Kier alpha value is -1.01. The van der Waals surface area contributed by atoms with Gasteiger partial charge in [0.25, 0.3) is 0 Å². The van der Waals surface area contributed by atoms with Crippen LogP contribution in [-0.2, 0) is 4.79 Å². The summed E-state index contributed by atoms with van der Waals surface area (Å²) in [6, 6.07) is -0.207. The second-order valence-electron chi connectivity index (χ2n) is 5.33. The molecule has 0 spiro atoms. The molecule has 1 atom stereocenters. The van der Waals surface area contributed by atoms with Crippen molar-refractivity contribution >= 4 is 17.7 Å². The number of nitrogens with zero attached hydrogens (tertiary/aromatic N) is 4. The van der Waals surface area contributed by atoms with Crippen LogP contribution >= 0.6 is 11.8 Å². The van der Waals surface area contributed by atoms with E-state index in [2.05, 4.69) is 16.3 Å². The number of amides is 1. The highest BCUT2D eigenvalue weighted by Crippen LogP contribution is 2.12. The predicted octanol–water partition coefficient (Wildman–Crippen LogP) is 1.26. The van der Waals surface area contributed by atoms with Crippen LogP contribution in [0.4, 0.5) is 0 Å². The molecule has 1 aliphatic heterocycles. The minimum atomic E-state index is -0.207. The Kier molecular flexibility index (Phi) is 5.48. The number of carbonyl (C=O) groups is 1. The fraction of sp³-hybridized carbons (Fsp3) is 0.714. The molecule has 6 heteroatoms. The second kappa shape index (κ2) is 7.13. The molecule has 2 heterocycles. The maximum Gasteiger partial charge on any atom is 0.247 e. The van der Waals surface area contributed by atoms with Crippen LogP contribution < -0.4 is 0 Å². The van der Waals surface area contributed by atoms with Crippen LogP contribution in [0.2, 0.25) is 0 Å². The van der Waals surface area contributed by atoms with Crippen molar-refractivity contribution in [1.29, 1.82) is 0 Å². The summed E-state index contributed by atoms with van der Waals surface area (Å²) in [5.74, 6) is 1.34. The monoisotopic (exact) mass is 296 g/mol. The summed E-state index contributed by atoms with van der Waals surface area (Å²) in [6.07, 6.45) is 5.86. The summed E-state index contributed by atoms with van der Waals surface area (Å²) in [7, 11) is 0. The first kappa shape index (κ1) is 15.4. The summed E-state index contributed by atoms with van der Waals surface area (Å²) < 4.78 is 1.76. The number of piperazine rings is 1. The van der Waals surface area contributed by atoms with Crippen molar-refractivity contribution in [3.8, 4) is 0 Å². The van der Waals surface area contributed by atoms with Crippen LogP contribution in [0, 0.1) is 6.92 Å². The Labute approximate surface area is 125 Å². The highest BCUT2D eigenvalue weighted by Gasteiger charge is 2.25. The average Bonchev–Trinajstić information content (AvgIpc) is 2.90. The number of rotatable bonds is 5. The van der Waals surface area contributed by atoms with E-state index in [4.69, 9.17) is 0 Å². The van der Waals surface area contributed by atoms with Crippen molar-refractivity contribution < 1.29 is 4.79 Å². The molecule has 1 fully saturated rings. The highest BCUT2D eigenvalue weighted by molar-refractivity contribution is 7.98. The van der Waals surface area contributed by atoms with Crippen molar-refractivity contribution in [2.24, 2.45) is 0 Å². The van der Waals surface area contributed by atoms with Crippen molar-refractivity contribution in [1.82, 2.24) is 19.6 Å². The van der Waals surface area contributed by atoms with E-state index in [1.54, 1.807) is 10.9 Å². The van der Waals surface area contributed by atoms with Gasteiger partial charge >= 0.3 is 0 Å². The number of aromatic nitrogens is 2. The van der Waals surface area contributed by atoms with Gasteiger partial charge in [0.15, 0.2) is 0 Å². The SMILES string of the molecule is CSCCN1CCN(C(=O)C(C)n2cc(C)cn2)CC1. The molecule has 1 saturated heterocycles. The first-order valence-electron chi connectivity index (χ1n) is 7.12. The third-order valence-electron chi connectivity index (χ3n) is 3.78. The van der Waals surface area contributed by atoms with Crippen LogP contribution in [0.3, 0.4) is 0 Å². The molecule has 1 aromatic heterocycles. The van der Waals surface area contributed by atoms with Gasteiger partial charge in [0.1, 0.15) is 6.04 Å². The van der Waals surface area contributed by atoms with Gasteiger partial charge in [-0.3, -0.25) is 14.4 Å². The predicted molar refractivity (Wildman–Crippen MR) is 83.1 cm³/mol. The summed E-state index contributed by atoms with van der Waals surface area (Å²) in [5.41, 5.74) is 1.09. The molecular formula is C14H24N4OS. The maximum absolute atomic E-state index is 12.5. The zero-order chi connectivity index (χ0) is 14.5. The largest absolute Gasteiger partial charge is 0.338 e. The lowest BCUT2D eigenvalue weighted by Gasteiger charge is -2.35. The van der Waals surface area contributed by atoms with Gasteiger partial charge < -0.3 is 4.90 Å². The van der Waals surface area contributed by atoms with Gasteiger partial charge in [-0.1, -0.05) is 0 Å². The first-order chi connectivity index (χ1) is 9.61.